The minimum Gasteiger partial charge on any atom is -0.355 e. The zero-order valence-electron chi connectivity index (χ0n) is 11.6. The molecule has 2 amide bonds. The van der Waals surface area contributed by atoms with Gasteiger partial charge in [-0.05, 0) is 30.3 Å². The van der Waals surface area contributed by atoms with Crippen LogP contribution in [0.4, 0.5) is 5.69 Å². The molecule has 0 atom stereocenters. The highest BCUT2D eigenvalue weighted by atomic mass is 16.2. The van der Waals surface area contributed by atoms with Gasteiger partial charge in [0.2, 0.25) is 0 Å². The Morgan fingerprint density at radius 2 is 1.90 bits per heavy atom. The largest absolute Gasteiger partial charge is 0.355 e. The van der Waals surface area contributed by atoms with Gasteiger partial charge in [-0.3, -0.25) is 14.6 Å². The summed E-state index contributed by atoms with van der Waals surface area (Å²) in [5.41, 5.74) is 7.64. The number of anilines is 1. The van der Waals surface area contributed by atoms with Crippen LogP contribution in [0, 0.1) is 0 Å². The third-order valence-electron chi connectivity index (χ3n) is 2.90. The van der Waals surface area contributed by atoms with Gasteiger partial charge in [0.25, 0.3) is 11.8 Å². The number of amides is 2. The molecular weight excluding hydrogens is 268 g/mol. The highest BCUT2D eigenvalue weighted by Gasteiger charge is 2.09. The molecule has 1 aromatic heterocycles. The van der Waals surface area contributed by atoms with Gasteiger partial charge in [-0.1, -0.05) is 6.07 Å². The molecule has 0 saturated carbocycles. The van der Waals surface area contributed by atoms with Crippen molar-refractivity contribution in [3.8, 4) is 0 Å². The highest BCUT2D eigenvalue weighted by molar-refractivity contribution is 6.05. The Kier molecular flexibility index (Phi) is 4.63. The number of rotatable bonds is 4. The Labute approximate surface area is 122 Å². The Balaban J connectivity index is 2.17. The quantitative estimate of drug-likeness (QED) is 0.784. The van der Waals surface area contributed by atoms with Gasteiger partial charge in [0.05, 0.1) is 5.69 Å². The van der Waals surface area contributed by atoms with E-state index in [1.165, 1.54) is 6.20 Å². The standard InChI is InChI=1S/C15H16N4O2/c1-17-14(20)10-3-2-4-12(7-10)19-15(21)11-5-6-18-13(8-11)9-16/h2-8H,9,16H2,1H3,(H,17,20)(H,19,21). The van der Waals surface area contributed by atoms with Crippen molar-refractivity contribution >= 4 is 17.5 Å². The molecule has 2 aromatic rings. The SMILES string of the molecule is CNC(=O)c1cccc(NC(=O)c2ccnc(CN)c2)c1. The fraction of sp³-hybridized carbons (Fsp3) is 0.133. The molecule has 1 aromatic carbocycles. The fourth-order valence-electron chi connectivity index (χ4n) is 1.82. The molecule has 6 heteroatoms. The molecule has 1 heterocycles. The topological polar surface area (TPSA) is 97.1 Å². The first-order chi connectivity index (χ1) is 10.1. The number of nitrogens with zero attached hydrogens (tertiary/aromatic N) is 1. The molecule has 0 aliphatic heterocycles. The maximum Gasteiger partial charge on any atom is 0.255 e. The second-order valence-corrected chi connectivity index (χ2v) is 4.35. The minimum absolute atomic E-state index is 0.208. The van der Waals surface area contributed by atoms with Crippen molar-refractivity contribution in [2.75, 3.05) is 12.4 Å². The number of hydrogen-bond acceptors (Lipinski definition) is 4. The summed E-state index contributed by atoms with van der Waals surface area (Å²) < 4.78 is 0. The van der Waals surface area contributed by atoms with E-state index < -0.39 is 0 Å². The van der Waals surface area contributed by atoms with Gasteiger partial charge >= 0.3 is 0 Å². The summed E-state index contributed by atoms with van der Waals surface area (Å²) in [6.45, 7) is 0.271. The highest BCUT2D eigenvalue weighted by Crippen LogP contribution is 2.12. The van der Waals surface area contributed by atoms with E-state index in [2.05, 4.69) is 15.6 Å². The molecule has 0 unspecified atom stereocenters. The lowest BCUT2D eigenvalue weighted by Crippen LogP contribution is -2.18. The number of carbonyl (C=O) groups excluding carboxylic acids is 2. The number of carbonyl (C=O) groups is 2. The number of nitrogens with two attached hydrogens (primary N) is 1. The van der Waals surface area contributed by atoms with Gasteiger partial charge in [-0.25, -0.2) is 0 Å². The minimum atomic E-state index is -0.277. The first kappa shape index (κ1) is 14.7. The summed E-state index contributed by atoms with van der Waals surface area (Å²) in [6.07, 6.45) is 1.54. The molecule has 0 radical (unpaired) electrons. The van der Waals surface area contributed by atoms with Crippen LogP contribution in [0.2, 0.25) is 0 Å². The normalized spacial score (nSPS) is 10.0. The van der Waals surface area contributed by atoms with Gasteiger partial charge in [-0.15, -0.1) is 0 Å². The second-order valence-electron chi connectivity index (χ2n) is 4.35. The van der Waals surface area contributed by atoms with Gasteiger partial charge < -0.3 is 16.4 Å². The lowest BCUT2D eigenvalue weighted by Gasteiger charge is -2.07. The molecule has 0 saturated heterocycles. The molecule has 0 aliphatic rings. The monoisotopic (exact) mass is 284 g/mol. The van der Waals surface area contributed by atoms with Gasteiger partial charge in [-0.2, -0.15) is 0 Å². The maximum absolute atomic E-state index is 12.2. The molecule has 0 spiro atoms. The maximum atomic E-state index is 12.2. The molecule has 6 nitrogen and oxygen atoms in total. The van der Waals surface area contributed by atoms with Crippen LogP contribution in [-0.2, 0) is 6.54 Å². The van der Waals surface area contributed by atoms with Crippen molar-refractivity contribution in [2.45, 2.75) is 6.54 Å². The van der Waals surface area contributed by atoms with Crippen LogP contribution >= 0.6 is 0 Å². The van der Waals surface area contributed by atoms with E-state index in [1.807, 2.05) is 0 Å². The van der Waals surface area contributed by atoms with E-state index >= 15 is 0 Å². The van der Waals surface area contributed by atoms with Crippen LogP contribution in [0.5, 0.6) is 0 Å². The lowest BCUT2D eigenvalue weighted by molar-refractivity contribution is 0.0961. The van der Waals surface area contributed by atoms with Crippen molar-refractivity contribution in [3.05, 3.63) is 59.4 Å². The van der Waals surface area contributed by atoms with E-state index in [1.54, 1.807) is 43.4 Å². The zero-order valence-corrected chi connectivity index (χ0v) is 11.6. The number of aromatic nitrogens is 1. The van der Waals surface area contributed by atoms with Crippen molar-refractivity contribution in [1.82, 2.24) is 10.3 Å². The predicted molar refractivity (Wildman–Crippen MR) is 79.9 cm³/mol. The van der Waals surface area contributed by atoms with Crippen LogP contribution < -0.4 is 16.4 Å². The third kappa shape index (κ3) is 3.64. The van der Waals surface area contributed by atoms with Gasteiger partial charge in [0.15, 0.2) is 0 Å². The fourth-order valence-corrected chi connectivity index (χ4v) is 1.82. The van der Waals surface area contributed by atoms with E-state index in [4.69, 9.17) is 5.73 Å². The summed E-state index contributed by atoms with van der Waals surface area (Å²) in [4.78, 5) is 27.7. The van der Waals surface area contributed by atoms with Crippen molar-refractivity contribution < 1.29 is 9.59 Å². The Morgan fingerprint density at radius 3 is 2.62 bits per heavy atom. The molecule has 108 valence electrons. The summed E-state index contributed by atoms with van der Waals surface area (Å²) in [5, 5.41) is 5.28. The second kappa shape index (κ2) is 6.62. The first-order valence-corrected chi connectivity index (χ1v) is 6.42. The van der Waals surface area contributed by atoms with E-state index in [-0.39, 0.29) is 18.4 Å². The zero-order chi connectivity index (χ0) is 15.2. The number of hydrogen-bond donors (Lipinski definition) is 3. The Hall–Kier alpha value is -2.73. The van der Waals surface area contributed by atoms with Gasteiger partial charge in [0.1, 0.15) is 0 Å². The predicted octanol–water partition coefficient (Wildman–Crippen LogP) is 1.15. The number of nitrogens with one attached hydrogen (secondary N) is 2. The summed E-state index contributed by atoms with van der Waals surface area (Å²) >= 11 is 0. The number of benzene rings is 1. The average molecular weight is 284 g/mol. The summed E-state index contributed by atoms with van der Waals surface area (Å²) in [5.74, 6) is -0.485. The van der Waals surface area contributed by atoms with Crippen molar-refractivity contribution in [2.24, 2.45) is 5.73 Å². The summed E-state index contributed by atoms with van der Waals surface area (Å²) in [7, 11) is 1.55. The van der Waals surface area contributed by atoms with Crippen molar-refractivity contribution in [3.63, 3.8) is 0 Å². The molecule has 21 heavy (non-hydrogen) atoms. The van der Waals surface area contributed by atoms with Gasteiger partial charge in [0, 0.05) is 36.6 Å². The lowest BCUT2D eigenvalue weighted by atomic mass is 10.1. The smallest absolute Gasteiger partial charge is 0.255 e. The van der Waals surface area contributed by atoms with Crippen LogP contribution in [0.25, 0.3) is 0 Å². The number of pyridine rings is 1. The molecule has 2 rings (SSSR count). The van der Waals surface area contributed by atoms with Crippen LogP contribution in [-0.4, -0.2) is 23.8 Å². The van der Waals surface area contributed by atoms with E-state index in [0.717, 1.165) is 0 Å². The summed E-state index contributed by atoms with van der Waals surface area (Å²) in [6, 6.07) is 9.96. The van der Waals surface area contributed by atoms with E-state index in [9.17, 15) is 9.59 Å². The molecular formula is C15H16N4O2. The Morgan fingerprint density at radius 1 is 1.14 bits per heavy atom. The Bertz CT molecular complexity index is 670. The van der Waals surface area contributed by atoms with Crippen molar-refractivity contribution in [1.29, 1.82) is 0 Å². The first-order valence-electron chi connectivity index (χ1n) is 6.42. The third-order valence-corrected chi connectivity index (χ3v) is 2.90. The molecule has 0 bridgehead atoms. The molecule has 0 fully saturated rings. The molecule has 4 N–H and O–H groups in total. The van der Waals surface area contributed by atoms with Crippen LogP contribution in [0.15, 0.2) is 42.6 Å². The average Bonchev–Trinajstić information content (AvgIpc) is 2.54. The van der Waals surface area contributed by atoms with Crippen LogP contribution in [0.1, 0.15) is 26.4 Å². The molecule has 0 aliphatic carbocycles. The van der Waals surface area contributed by atoms with Crippen LogP contribution in [0.3, 0.4) is 0 Å². The van der Waals surface area contributed by atoms with E-state index in [0.29, 0.717) is 22.5 Å².